The van der Waals surface area contributed by atoms with Crippen molar-refractivity contribution in [3.63, 3.8) is 0 Å². The molecule has 20 heavy (non-hydrogen) atoms. The van der Waals surface area contributed by atoms with Crippen LogP contribution in [0.1, 0.15) is 56.6 Å². The van der Waals surface area contributed by atoms with E-state index in [2.05, 4.69) is 15.5 Å². The molecule has 0 saturated heterocycles. The van der Waals surface area contributed by atoms with Crippen LogP contribution in [0.15, 0.2) is 0 Å². The SMILES string of the molecule is C[C@@]1(O)CCCC[C@H]1Nc1nnc(Cl)c2c1CCCC2. The van der Waals surface area contributed by atoms with Crippen molar-refractivity contribution in [1.82, 2.24) is 10.2 Å². The molecule has 2 aliphatic carbocycles. The fraction of sp³-hybridized carbons (Fsp3) is 0.733. The van der Waals surface area contributed by atoms with Crippen molar-refractivity contribution in [3.8, 4) is 0 Å². The normalized spacial score (nSPS) is 29.9. The molecule has 3 rings (SSSR count). The van der Waals surface area contributed by atoms with Crippen molar-refractivity contribution in [2.24, 2.45) is 0 Å². The summed E-state index contributed by atoms with van der Waals surface area (Å²) >= 11 is 6.16. The Morgan fingerprint density at radius 2 is 1.90 bits per heavy atom. The third-order valence-electron chi connectivity index (χ3n) is 4.73. The number of nitrogens with zero attached hydrogens (tertiary/aromatic N) is 2. The van der Waals surface area contributed by atoms with Crippen molar-refractivity contribution < 1.29 is 5.11 Å². The molecular weight excluding hydrogens is 274 g/mol. The van der Waals surface area contributed by atoms with Crippen LogP contribution in [0.5, 0.6) is 0 Å². The number of hydrogen-bond acceptors (Lipinski definition) is 4. The summed E-state index contributed by atoms with van der Waals surface area (Å²) in [5.74, 6) is 0.830. The first kappa shape index (κ1) is 14.1. The average molecular weight is 296 g/mol. The highest BCUT2D eigenvalue weighted by molar-refractivity contribution is 6.30. The number of fused-ring (bicyclic) bond motifs is 1. The molecule has 0 bridgehead atoms. The van der Waals surface area contributed by atoms with Crippen LogP contribution in [0.2, 0.25) is 5.15 Å². The standard InChI is InChI=1S/C15H22ClN3O/c1-15(20)9-5-4-8-12(15)17-14-11-7-3-2-6-10(11)13(16)18-19-14/h12,20H,2-9H2,1H3,(H,17,19)/t12-,15-/m1/s1. The lowest BCUT2D eigenvalue weighted by Gasteiger charge is -2.38. The Hall–Kier alpha value is -0.870. The van der Waals surface area contributed by atoms with E-state index in [0.717, 1.165) is 49.9 Å². The number of rotatable bonds is 2. The second kappa shape index (κ2) is 5.49. The van der Waals surface area contributed by atoms with E-state index in [1.165, 1.54) is 18.4 Å². The van der Waals surface area contributed by atoms with E-state index < -0.39 is 5.60 Å². The molecule has 1 heterocycles. The van der Waals surface area contributed by atoms with Gasteiger partial charge in [-0.05, 0) is 51.0 Å². The summed E-state index contributed by atoms with van der Waals surface area (Å²) in [5, 5.41) is 22.8. The summed E-state index contributed by atoms with van der Waals surface area (Å²) in [6.45, 7) is 1.92. The van der Waals surface area contributed by atoms with Gasteiger partial charge in [-0.2, -0.15) is 0 Å². The quantitative estimate of drug-likeness (QED) is 0.880. The van der Waals surface area contributed by atoms with E-state index in [0.29, 0.717) is 5.15 Å². The van der Waals surface area contributed by atoms with Crippen LogP contribution in [0, 0.1) is 0 Å². The molecule has 0 unspecified atom stereocenters. The minimum atomic E-state index is -0.666. The van der Waals surface area contributed by atoms with Gasteiger partial charge in [-0.15, -0.1) is 10.2 Å². The Bertz CT molecular complexity index is 504. The fourth-order valence-corrected chi connectivity index (χ4v) is 3.68. The largest absolute Gasteiger partial charge is 0.388 e. The molecule has 0 amide bonds. The van der Waals surface area contributed by atoms with Gasteiger partial charge in [-0.3, -0.25) is 0 Å². The number of aliphatic hydroxyl groups is 1. The van der Waals surface area contributed by atoms with Crippen molar-refractivity contribution >= 4 is 17.4 Å². The summed E-state index contributed by atoms with van der Waals surface area (Å²) in [4.78, 5) is 0. The first-order chi connectivity index (χ1) is 9.58. The van der Waals surface area contributed by atoms with Crippen molar-refractivity contribution in [1.29, 1.82) is 0 Å². The number of halogens is 1. The van der Waals surface area contributed by atoms with Crippen molar-refractivity contribution in [3.05, 3.63) is 16.3 Å². The minimum absolute atomic E-state index is 0.0535. The predicted octanol–water partition coefficient (Wildman–Crippen LogP) is 3.11. The van der Waals surface area contributed by atoms with Crippen molar-refractivity contribution in [2.45, 2.75) is 69.9 Å². The molecule has 2 atom stereocenters. The molecule has 1 saturated carbocycles. The molecule has 2 aliphatic rings. The van der Waals surface area contributed by atoms with Crippen LogP contribution in [0.4, 0.5) is 5.82 Å². The lowest BCUT2D eigenvalue weighted by Crippen LogP contribution is -2.47. The third-order valence-corrected chi connectivity index (χ3v) is 5.03. The Kier molecular flexibility index (Phi) is 3.87. The van der Waals surface area contributed by atoms with E-state index in [-0.39, 0.29) is 6.04 Å². The molecule has 5 heteroatoms. The number of aromatic nitrogens is 2. The van der Waals surface area contributed by atoms with Crippen LogP contribution >= 0.6 is 11.6 Å². The van der Waals surface area contributed by atoms with Gasteiger partial charge < -0.3 is 10.4 Å². The third kappa shape index (κ3) is 2.63. The predicted molar refractivity (Wildman–Crippen MR) is 80.2 cm³/mol. The maximum atomic E-state index is 10.5. The van der Waals surface area contributed by atoms with Crippen LogP contribution < -0.4 is 5.32 Å². The van der Waals surface area contributed by atoms with Crippen molar-refractivity contribution in [2.75, 3.05) is 5.32 Å². The molecule has 1 fully saturated rings. The lowest BCUT2D eigenvalue weighted by atomic mass is 9.81. The van der Waals surface area contributed by atoms with Gasteiger partial charge in [0.1, 0.15) is 0 Å². The number of nitrogens with one attached hydrogen (secondary N) is 1. The highest BCUT2D eigenvalue weighted by Crippen LogP contribution is 2.34. The molecule has 4 nitrogen and oxygen atoms in total. The van der Waals surface area contributed by atoms with E-state index in [1.807, 2.05) is 6.92 Å². The van der Waals surface area contributed by atoms with Gasteiger partial charge in [0.2, 0.25) is 0 Å². The van der Waals surface area contributed by atoms with E-state index in [4.69, 9.17) is 11.6 Å². The van der Waals surface area contributed by atoms with Crippen LogP contribution in [-0.2, 0) is 12.8 Å². The second-order valence-corrected chi connectivity index (χ2v) is 6.66. The topological polar surface area (TPSA) is 58.0 Å². The molecular formula is C15H22ClN3O. The summed E-state index contributed by atoms with van der Waals surface area (Å²) in [7, 11) is 0. The molecule has 2 N–H and O–H groups in total. The molecule has 0 aromatic carbocycles. The molecule has 0 aliphatic heterocycles. The van der Waals surface area contributed by atoms with Gasteiger partial charge in [0.25, 0.3) is 0 Å². The van der Waals surface area contributed by atoms with Gasteiger partial charge in [0.15, 0.2) is 11.0 Å². The second-order valence-electron chi connectivity index (χ2n) is 6.30. The zero-order valence-electron chi connectivity index (χ0n) is 12.0. The fourth-order valence-electron chi connectivity index (χ4n) is 3.43. The highest BCUT2D eigenvalue weighted by Gasteiger charge is 2.35. The average Bonchev–Trinajstić information content (AvgIpc) is 2.44. The zero-order chi connectivity index (χ0) is 14.2. The maximum Gasteiger partial charge on any atom is 0.155 e. The number of hydrogen-bond donors (Lipinski definition) is 2. The van der Waals surface area contributed by atoms with Gasteiger partial charge in [-0.25, -0.2) is 0 Å². The monoisotopic (exact) mass is 295 g/mol. The molecule has 110 valence electrons. The van der Waals surface area contributed by atoms with Crippen LogP contribution in [0.25, 0.3) is 0 Å². The molecule has 0 radical (unpaired) electrons. The first-order valence-corrected chi connectivity index (χ1v) is 7.98. The maximum absolute atomic E-state index is 10.5. The van der Waals surface area contributed by atoms with E-state index in [9.17, 15) is 5.11 Å². The lowest BCUT2D eigenvalue weighted by molar-refractivity contribution is 0.0104. The van der Waals surface area contributed by atoms with Gasteiger partial charge >= 0.3 is 0 Å². The van der Waals surface area contributed by atoms with E-state index in [1.54, 1.807) is 0 Å². The number of anilines is 1. The summed E-state index contributed by atoms with van der Waals surface area (Å²) < 4.78 is 0. The van der Waals surface area contributed by atoms with Gasteiger partial charge in [0, 0.05) is 5.56 Å². The Morgan fingerprint density at radius 3 is 2.65 bits per heavy atom. The molecule has 1 aromatic heterocycles. The van der Waals surface area contributed by atoms with Gasteiger partial charge in [-0.1, -0.05) is 24.4 Å². The van der Waals surface area contributed by atoms with E-state index >= 15 is 0 Å². The summed E-state index contributed by atoms with van der Waals surface area (Å²) in [6.07, 6.45) is 8.39. The van der Waals surface area contributed by atoms with Crippen LogP contribution in [-0.4, -0.2) is 26.9 Å². The highest BCUT2D eigenvalue weighted by atomic mass is 35.5. The van der Waals surface area contributed by atoms with Gasteiger partial charge in [0.05, 0.1) is 11.6 Å². The Morgan fingerprint density at radius 1 is 1.15 bits per heavy atom. The molecule has 0 spiro atoms. The Balaban J connectivity index is 1.87. The summed E-state index contributed by atoms with van der Waals surface area (Å²) in [6, 6.07) is 0.0535. The smallest absolute Gasteiger partial charge is 0.155 e. The van der Waals surface area contributed by atoms with Crippen LogP contribution in [0.3, 0.4) is 0 Å². The minimum Gasteiger partial charge on any atom is -0.388 e. The Labute approximate surface area is 124 Å². The first-order valence-electron chi connectivity index (χ1n) is 7.61. The summed E-state index contributed by atoms with van der Waals surface area (Å²) in [5.41, 5.74) is 1.68. The molecule has 1 aromatic rings. The zero-order valence-corrected chi connectivity index (χ0v) is 12.7.